The van der Waals surface area contributed by atoms with Gasteiger partial charge in [0.2, 0.25) is 0 Å². The van der Waals surface area contributed by atoms with Gasteiger partial charge in [-0.1, -0.05) is 18.2 Å². The number of ether oxygens (including phenoxy) is 2. The Morgan fingerprint density at radius 3 is 2.52 bits per heavy atom. The maximum atomic E-state index is 13.5. The monoisotopic (exact) mass is 361 g/mol. The highest BCUT2D eigenvalue weighted by molar-refractivity contribution is 7.93. The summed E-state index contributed by atoms with van der Waals surface area (Å²) in [4.78, 5) is 0.142. The van der Waals surface area contributed by atoms with E-state index in [9.17, 15) is 8.42 Å². The van der Waals surface area contributed by atoms with Gasteiger partial charge in [0, 0.05) is 12.1 Å². The summed E-state index contributed by atoms with van der Waals surface area (Å²) in [6.07, 6.45) is 0.699. The number of para-hydroxylation sites is 1. The van der Waals surface area contributed by atoms with Crippen molar-refractivity contribution in [1.29, 1.82) is 0 Å². The first kappa shape index (κ1) is 17.6. The summed E-state index contributed by atoms with van der Waals surface area (Å²) in [6.45, 7) is 6.48. The predicted molar refractivity (Wildman–Crippen MR) is 98.1 cm³/mol. The molecule has 2 aromatic rings. The molecule has 0 saturated carbocycles. The quantitative estimate of drug-likeness (QED) is 0.788. The van der Waals surface area contributed by atoms with Gasteiger partial charge < -0.3 is 9.47 Å². The lowest BCUT2D eigenvalue weighted by Gasteiger charge is -2.25. The summed E-state index contributed by atoms with van der Waals surface area (Å²) in [7, 11) is -3.77. The largest absolute Gasteiger partial charge is 0.494 e. The highest BCUT2D eigenvalue weighted by Crippen LogP contribution is 2.39. The molecule has 0 bridgehead atoms. The van der Waals surface area contributed by atoms with E-state index in [1.807, 2.05) is 45.0 Å². The topological polar surface area (TPSA) is 55.8 Å². The fourth-order valence-electron chi connectivity index (χ4n) is 3.23. The third-order valence-corrected chi connectivity index (χ3v) is 6.16. The van der Waals surface area contributed by atoms with Crippen LogP contribution in [-0.2, 0) is 16.4 Å². The SMILES string of the molecule is CCOc1ccc(OCC)c(S(=O)(=O)N2c3ccccc3CC2C)c1. The minimum atomic E-state index is -3.77. The summed E-state index contributed by atoms with van der Waals surface area (Å²) >= 11 is 0. The van der Waals surface area contributed by atoms with E-state index < -0.39 is 10.0 Å². The first-order chi connectivity index (χ1) is 12.0. The van der Waals surface area contributed by atoms with Crippen LogP contribution in [0.25, 0.3) is 0 Å². The van der Waals surface area contributed by atoms with Gasteiger partial charge in [0.05, 0.1) is 18.9 Å². The zero-order valence-corrected chi connectivity index (χ0v) is 15.5. The Bertz CT molecular complexity index is 863. The van der Waals surface area contributed by atoms with E-state index in [2.05, 4.69) is 0 Å². The van der Waals surface area contributed by atoms with E-state index in [4.69, 9.17) is 9.47 Å². The molecule has 2 aromatic carbocycles. The summed E-state index contributed by atoms with van der Waals surface area (Å²) in [6, 6.07) is 12.4. The molecular formula is C19H23NO4S. The molecule has 1 aliphatic heterocycles. The van der Waals surface area contributed by atoms with Crippen LogP contribution >= 0.6 is 0 Å². The Morgan fingerprint density at radius 2 is 1.80 bits per heavy atom. The third-order valence-electron chi connectivity index (χ3n) is 4.21. The van der Waals surface area contributed by atoms with E-state index in [1.54, 1.807) is 18.2 Å². The molecule has 0 aromatic heterocycles. The molecule has 1 unspecified atom stereocenters. The van der Waals surface area contributed by atoms with Gasteiger partial charge in [0.25, 0.3) is 10.0 Å². The van der Waals surface area contributed by atoms with Gasteiger partial charge in [-0.05, 0) is 51.0 Å². The van der Waals surface area contributed by atoms with Crippen molar-refractivity contribution in [3.8, 4) is 11.5 Å². The molecule has 0 fully saturated rings. The van der Waals surface area contributed by atoms with Crippen molar-refractivity contribution in [2.24, 2.45) is 0 Å². The lowest BCUT2D eigenvalue weighted by molar-refractivity contribution is 0.322. The van der Waals surface area contributed by atoms with Crippen molar-refractivity contribution in [2.75, 3.05) is 17.5 Å². The van der Waals surface area contributed by atoms with Gasteiger partial charge >= 0.3 is 0 Å². The smallest absolute Gasteiger partial charge is 0.268 e. The minimum absolute atomic E-state index is 0.142. The predicted octanol–water partition coefficient (Wildman–Crippen LogP) is 3.62. The average molecular weight is 361 g/mol. The number of rotatable bonds is 6. The summed E-state index contributed by atoms with van der Waals surface area (Å²) in [5.41, 5.74) is 1.77. The second-order valence-corrected chi connectivity index (χ2v) is 7.74. The van der Waals surface area contributed by atoms with Crippen molar-refractivity contribution < 1.29 is 17.9 Å². The molecule has 0 radical (unpaired) electrons. The van der Waals surface area contributed by atoms with Gasteiger partial charge in [-0.15, -0.1) is 0 Å². The number of hydrogen-bond donors (Lipinski definition) is 0. The molecule has 6 heteroatoms. The molecule has 134 valence electrons. The first-order valence-electron chi connectivity index (χ1n) is 8.51. The highest BCUT2D eigenvalue weighted by atomic mass is 32.2. The molecule has 0 saturated heterocycles. The fourth-order valence-corrected chi connectivity index (χ4v) is 5.07. The molecule has 5 nitrogen and oxygen atoms in total. The van der Waals surface area contributed by atoms with Crippen LogP contribution in [0.1, 0.15) is 26.3 Å². The maximum absolute atomic E-state index is 13.5. The number of hydrogen-bond acceptors (Lipinski definition) is 4. The van der Waals surface area contributed by atoms with E-state index in [0.29, 0.717) is 31.1 Å². The van der Waals surface area contributed by atoms with Gasteiger partial charge in [0.1, 0.15) is 16.4 Å². The lowest BCUT2D eigenvalue weighted by Crippen LogP contribution is -2.36. The van der Waals surface area contributed by atoms with Crippen LogP contribution in [0.2, 0.25) is 0 Å². The van der Waals surface area contributed by atoms with Crippen molar-refractivity contribution in [2.45, 2.75) is 38.1 Å². The maximum Gasteiger partial charge on any atom is 0.268 e. The molecule has 0 amide bonds. The number of benzene rings is 2. The molecule has 3 rings (SSSR count). The second-order valence-electron chi connectivity index (χ2n) is 5.96. The molecule has 0 spiro atoms. The summed E-state index contributed by atoms with van der Waals surface area (Å²) in [5.74, 6) is 0.868. The number of anilines is 1. The standard InChI is InChI=1S/C19H23NO4S/c1-4-23-16-10-11-18(24-5-2)19(13-16)25(21,22)20-14(3)12-15-8-6-7-9-17(15)20/h6-11,13-14H,4-5,12H2,1-3H3. The lowest BCUT2D eigenvalue weighted by atomic mass is 10.1. The van der Waals surface area contributed by atoms with Crippen molar-refractivity contribution in [3.05, 3.63) is 48.0 Å². The molecule has 25 heavy (non-hydrogen) atoms. The van der Waals surface area contributed by atoms with E-state index in [-0.39, 0.29) is 10.9 Å². The van der Waals surface area contributed by atoms with Gasteiger partial charge in [0.15, 0.2) is 0 Å². The molecule has 0 N–H and O–H groups in total. The second kappa shape index (κ2) is 6.96. The van der Waals surface area contributed by atoms with Crippen LogP contribution in [0.3, 0.4) is 0 Å². The van der Waals surface area contributed by atoms with Crippen LogP contribution in [0.15, 0.2) is 47.4 Å². The minimum Gasteiger partial charge on any atom is -0.494 e. The van der Waals surface area contributed by atoms with E-state index >= 15 is 0 Å². The molecule has 1 atom stereocenters. The van der Waals surface area contributed by atoms with Crippen molar-refractivity contribution in [1.82, 2.24) is 0 Å². The Labute approximate surface area is 149 Å². The van der Waals surface area contributed by atoms with Gasteiger partial charge in [-0.2, -0.15) is 0 Å². The Balaban J connectivity index is 2.12. The van der Waals surface area contributed by atoms with Crippen molar-refractivity contribution in [3.63, 3.8) is 0 Å². The Hall–Kier alpha value is -2.21. The van der Waals surface area contributed by atoms with Gasteiger partial charge in [-0.3, -0.25) is 4.31 Å². The van der Waals surface area contributed by atoms with Crippen molar-refractivity contribution >= 4 is 15.7 Å². The third kappa shape index (κ3) is 3.18. The van der Waals surface area contributed by atoms with Crippen LogP contribution in [0.4, 0.5) is 5.69 Å². The average Bonchev–Trinajstić information content (AvgIpc) is 2.93. The van der Waals surface area contributed by atoms with Crippen LogP contribution in [-0.4, -0.2) is 27.7 Å². The van der Waals surface area contributed by atoms with Crippen LogP contribution in [0.5, 0.6) is 11.5 Å². The van der Waals surface area contributed by atoms with E-state index in [0.717, 1.165) is 11.3 Å². The number of sulfonamides is 1. The fraction of sp³-hybridized carbons (Fsp3) is 0.368. The van der Waals surface area contributed by atoms with Crippen LogP contribution < -0.4 is 13.8 Å². The zero-order chi connectivity index (χ0) is 18.0. The van der Waals surface area contributed by atoms with Gasteiger partial charge in [-0.25, -0.2) is 8.42 Å². The number of nitrogens with zero attached hydrogens (tertiary/aromatic N) is 1. The summed E-state index contributed by atoms with van der Waals surface area (Å²) < 4.78 is 39.5. The van der Waals surface area contributed by atoms with Crippen LogP contribution in [0, 0.1) is 0 Å². The highest BCUT2D eigenvalue weighted by Gasteiger charge is 2.37. The molecule has 1 aliphatic rings. The zero-order valence-electron chi connectivity index (χ0n) is 14.7. The normalized spacial score (nSPS) is 16.6. The Kier molecular flexibility index (Phi) is 4.90. The number of fused-ring (bicyclic) bond motifs is 1. The molecule has 1 heterocycles. The first-order valence-corrected chi connectivity index (χ1v) is 9.95. The molecular weight excluding hydrogens is 338 g/mol. The summed E-state index contributed by atoms with van der Waals surface area (Å²) in [5, 5.41) is 0. The molecule has 0 aliphatic carbocycles. The van der Waals surface area contributed by atoms with E-state index in [1.165, 1.54) is 4.31 Å². The Morgan fingerprint density at radius 1 is 1.08 bits per heavy atom.